The van der Waals surface area contributed by atoms with Crippen LogP contribution in [-0.2, 0) is 4.65 Å². The van der Waals surface area contributed by atoms with Gasteiger partial charge in [-0.25, -0.2) is 13.2 Å². The molecule has 1 aromatic carbocycles. The average Bonchev–Trinajstić information content (AvgIpc) is 2.12. The highest BCUT2D eigenvalue weighted by Gasteiger charge is 2.16. The first-order valence-corrected chi connectivity index (χ1v) is 3.73. The Morgan fingerprint density at radius 2 is 1.62 bits per heavy atom. The summed E-state index contributed by atoms with van der Waals surface area (Å²) in [4.78, 5) is 0. The van der Waals surface area contributed by atoms with Gasteiger partial charge in [0, 0.05) is 7.11 Å². The molecule has 0 amide bonds. The molecule has 0 N–H and O–H groups in total. The molecule has 0 spiro atoms. The largest absolute Gasteiger partial charge is 0.434 e. The van der Waals surface area contributed by atoms with E-state index in [-0.39, 0.29) is 5.46 Å². The minimum Gasteiger partial charge on any atom is -0.434 e. The second-order valence-electron chi connectivity index (χ2n) is 2.68. The van der Waals surface area contributed by atoms with Crippen LogP contribution in [-0.4, -0.2) is 14.0 Å². The van der Waals surface area contributed by atoms with Gasteiger partial charge in [-0.05, 0) is 17.6 Å². The smallest absolute Gasteiger partial charge is 0.323 e. The zero-order chi connectivity index (χ0) is 10.0. The van der Waals surface area contributed by atoms with Gasteiger partial charge in [0.1, 0.15) is 0 Å². The Morgan fingerprint density at radius 1 is 1.15 bits per heavy atom. The van der Waals surface area contributed by atoms with Crippen molar-refractivity contribution in [3.63, 3.8) is 0 Å². The summed E-state index contributed by atoms with van der Waals surface area (Å²) in [6, 6.07) is 1.85. The lowest BCUT2D eigenvalue weighted by Crippen LogP contribution is -2.30. The maximum absolute atomic E-state index is 12.7. The van der Waals surface area contributed by atoms with Gasteiger partial charge in [0.25, 0.3) is 0 Å². The molecule has 0 radical (unpaired) electrons. The third-order valence-electron chi connectivity index (χ3n) is 1.83. The molecule has 0 saturated heterocycles. The van der Waals surface area contributed by atoms with E-state index >= 15 is 0 Å². The van der Waals surface area contributed by atoms with E-state index in [9.17, 15) is 13.2 Å². The minimum atomic E-state index is -1.45. The molecular weight excluding hydrogens is 180 g/mol. The van der Waals surface area contributed by atoms with E-state index in [1.54, 1.807) is 6.82 Å². The summed E-state index contributed by atoms with van der Waals surface area (Å²) < 4.78 is 42.6. The fourth-order valence-corrected chi connectivity index (χ4v) is 0.946. The van der Waals surface area contributed by atoms with E-state index in [2.05, 4.69) is 0 Å². The second-order valence-corrected chi connectivity index (χ2v) is 2.68. The number of rotatable bonds is 2. The van der Waals surface area contributed by atoms with Gasteiger partial charge in [-0.2, -0.15) is 0 Å². The topological polar surface area (TPSA) is 9.23 Å². The van der Waals surface area contributed by atoms with Gasteiger partial charge >= 0.3 is 6.92 Å². The Kier molecular flexibility index (Phi) is 2.98. The molecule has 5 heteroatoms. The zero-order valence-electron chi connectivity index (χ0n) is 7.27. The van der Waals surface area contributed by atoms with E-state index < -0.39 is 24.4 Å². The van der Waals surface area contributed by atoms with Gasteiger partial charge in [0.15, 0.2) is 17.5 Å². The van der Waals surface area contributed by atoms with Crippen molar-refractivity contribution in [1.82, 2.24) is 0 Å². The summed E-state index contributed by atoms with van der Waals surface area (Å²) in [5.41, 5.74) is 0.277. The van der Waals surface area contributed by atoms with Crippen LogP contribution in [0, 0.1) is 17.5 Å². The van der Waals surface area contributed by atoms with E-state index in [1.165, 1.54) is 7.11 Å². The SMILES string of the molecule is COB(C)c1cc(F)c(F)c(F)c1. The Balaban J connectivity index is 3.13. The number of halogens is 3. The molecule has 0 heterocycles. The van der Waals surface area contributed by atoms with E-state index in [1.807, 2.05) is 0 Å². The van der Waals surface area contributed by atoms with Gasteiger partial charge < -0.3 is 4.65 Å². The van der Waals surface area contributed by atoms with Crippen molar-refractivity contribution in [3.05, 3.63) is 29.6 Å². The van der Waals surface area contributed by atoms with Crippen molar-refractivity contribution < 1.29 is 17.8 Å². The molecule has 0 aliphatic carbocycles. The Hall–Kier alpha value is -0.965. The molecule has 0 aliphatic rings. The van der Waals surface area contributed by atoms with Crippen molar-refractivity contribution in [1.29, 1.82) is 0 Å². The highest BCUT2D eigenvalue weighted by Crippen LogP contribution is 2.08. The lowest BCUT2D eigenvalue weighted by Gasteiger charge is -2.06. The van der Waals surface area contributed by atoms with Crippen LogP contribution in [0.5, 0.6) is 0 Å². The monoisotopic (exact) mass is 188 g/mol. The molecule has 1 nitrogen and oxygen atoms in total. The molecule has 0 saturated carbocycles. The molecule has 0 unspecified atom stereocenters. The first kappa shape index (κ1) is 10.1. The molecule has 0 aliphatic heterocycles. The summed E-state index contributed by atoms with van der Waals surface area (Å²) in [6.07, 6.45) is 0. The van der Waals surface area contributed by atoms with Crippen LogP contribution in [0.25, 0.3) is 0 Å². The Morgan fingerprint density at radius 3 is 2.00 bits per heavy atom. The summed E-state index contributed by atoms with van der Waals surface area (Å²) in [5.74, 6) is -3.84. The van der Waals surface area contributed by atoms with Crippen molar-refractivity contribution in [2.24, 2.45) is 0 Å². The number of benzene rings is 1. The third-order valence-corrected chi connectivity index (χ3v) is 1.83. The Bertz CT molecular complexity index is 293. The van der Waals surface area contributed by atoms with Gasteiger partial charge in [0.2, 0.25) is 0 Å². The van der Waals surface area contributed by atoms with Crippen LogP contribution >= 0.6 is 0 Å². The van der Waals surface area contributed by atoms with Crippen LogP contribution in [0.3, 0.4) is 0 Å². The van der Waals surface area contributed by atoms with Crippen LogP contribution in [0.2, 0.25) is 6.82 Å². The predicted octanol–water partition coefficient (Wildman–Crippen LogP) is 1.58. The maximum Gasteiger partial charge on any atom is 0.323 e. The van der Waals surface area contributed by atoms with E-state index in [0.29, 0.717) is 0 Å². The molecule has 0 aromatic heterocycles. The van der Waals surface area contributed by atoms with E-state index in [0.717, 1.165) is 12.1 Å². The molecular formula is C8H8BF3O. The lowest BCUT2D eigenvalue weighted by atomic mass is 9.64. The summed E-state index contributed by atoms with van der Waals surface area (Å²) in [7, 11) is 1.41. The normalized spacial score (nSPS) is 10.2. The Labute approximate surface area is 74.6 Å². The van der Waals surface area contributed by atoms with Crippen LogP contribution in [0.15, 0.2) is 12.1 Å². The van der Waals surface area contributed by atoms with Gasteiger partial charge in [0.05, 0.1) is 0 Å². The molecule has 1 aromatic rings. The summed E-state index contributed by atoms with van der Waals surface area (Å²) >= 11 is 0. The molecule has 0 fully saturated rings. The van der Waals surface area contributed by atoms with Crippen LogP contribution < -0.4 is 5.46 Å². The van der Waals surface area contributed by atoms with Crippen molar-refractivity contribution in [2.45, 2.75) is 6.82 Å². The predicted molar refractivity (Wildman–Crippen MR) is 44.6 cm³/mol. The molecule has 1 rings (SSSR count). The number of hydrogen-bond acceptors (Lipinski definition) is 1. The number of hydrogen-bond donors (Lipinski definition) is 0. The zero-order valence-corrected chi connectivity index (χ0v) is 7.27. The second kappa shape index (κ2) is 3.83. The fraction of sp³-hybridized carbons (Fsp3) is 0.250. The van der Waals surface area contributed by atoms with Gasteiger partial charge in [-0.1, -0.05) is 6.82 Å². The van der Waals surface area contributed by atoms with Crippen molar-refractivity contribution in [3.8, 4) is 0 Å². The summed E-state index contributed by atoms with van der Waals surface area (Å²) in [5, 5.41) is 0. The quantitative estimate of drug-likeness (QED) is 0.505. The molecule has 0 bridgehead atoms. The summed E-state index contributed by atoms with van der Waals surface area (Å²) in [6.45, 7) is 1.16. The first-order valence-electron chi connectivity index (χ1n) is 3.73. The average molecular weight is 188 g/mol. The standard InChI is InChI=1S/C8H8BF3O/c1-9(13-2)5-3-6(10)8(12)7(11)4-5/h3-4H,1-2H3. The molecule has 0 atom stereocenters. The maximum atomic E-state index is 12.7. The van der Waals surface area contributed by atoms with E-state index in [4.69, 9.17) is 4.65 Å². The molecule has 70 valence electrons. The lowest BCUT2D eigenvalue weighted by molar-refractivity contribution is 0.431. The minimum absolute atomic E-state index is 0.277. The van der Waals surface area contributed by atoms with Gasteiger partial charge in [-0.15, -0.1) is 0 Å². The van der Waals surface area contributed by atoms with Crippen LogP contribution in [0.1, 0.15) is 0 Å². The highest BCUT2D eigenvalue weighted by atomic mass is 19.2. The van der Waals surface area contributed by atoms with Crippen LogP contribution in [0.4, 0.5) is 13.2 Å². The molecule has 13 heavy (non-hydrogen) atoms. The van der Waals surface area contributed by atoms with Crippen molar-refractivity contribution in [2.75, 3.05) is 7.11 Å². The third kappa shape index (κ3) is 2.04. The first-order chi connectivity index (χ1) is 6.06. The highest BCUT2D eigenvalue weighted by molar-refractivity contribution is 6.66. The van der Waals surface area contributed by atoms with Crippen molar-refractivity contribution >= 4 is 12.4 Å². The fourth-order valence-electron chi connectivity index (χ4n) is 0.946. The van der Waals surface area contributed by atoms with Gasteiger partial charge in [-0.3, -0.25) is 0 Å².